The van der Waals surface area contributed by atoms with Gasteiger partial charge in [0.15, 0.2) is 0 Å². The minimum Gasteiger partial charge on any atom is -0.358 e. The third-order valence-electron chi connectivity index (χ3n) is 4.72. The first-order chi connectivity index (χ1) is 12.3. The zero-order valence-corrected chi connectivity index (χ0v) is 14.7. The second-order valence-corrected chi connectivity index (χ2v) is 6.59. The van der Waals surface area contributed by atoms with Crippen LogP contribution in [0.3, 0.4) is 0 Å². The van der Waals surface area contributed by atoms with Gasteiger partial charge in [-0.1, -0.05) is 35.5 Å². The molecule has 0 saturated carbocycles. The molecule has 1 amide bonds. The number of rotatable bonds is 7. The van der Waals surface area contributed by atoms with Crippen molar-refractivity contribution in [3.63, 3.8) is 0 Å². The lowest BCUT2D eigenvalue weighted by Crippen LogP contribution is -2.50. The van der Waals surface area contributed by atoms with Gasteiger partial charge in [-0.15, -0.1) is 0 Å². The normalized spacial score (nSPS) is 17.6. The Hall–Kier alpha value is -2.21. The highest BCUT2D eigenvalue weighted by atomic mass is 16.5. The van der Waals surface area contributed by atoms with Crippen molar-refractivity contribution in [3.8, 4) is 11.4 Å². The van der Waals surface area contributed by atoms with Crippen molar-refractivity contribution in [1.82, 2.24) is 15.0 Å². The highest BCUT2D eigenvalue weighted by Crippen LogP contribution is 2.31. The molecule has 3 N–H and O–H groups in total. The van der Waals surface area contributed by atoms with Crippen molar-refractivity contribution in [2.45, 2.75) is 51.0 Å². The maximum Gasteiger partial charge on any atom is 0.249 e. The van der Waals surface area contributed by atoms with E-state index in [1.54, 1.807) is 0 Å². The number of benzene rings is 1. The largest absolute Gasteiger partial charge is 0.358 e. The fourth-order valence-electron chi connectivity index (χ4n) is 3.34. The molecule has 1 saturated heterocycles. The monoisotopic (exact) mass is 343 g/mol. The Morgan fingerprint density at radius 1 is 1.20 bits per heavy atom. The Morgan fingerprint density at radius 2 is 2.04 bits per heavy atom. The smallest absolute Gasteiger partial charge is 0.249 e. The average molecular weight is 343 g/mol. The number of amides is 1. The second kappa shape index (κ2) is 8.76. The van der Waals surface area contributed by atoms with Gasteiger partial charge in [-0.3, -0.25) is 4.79 Å². The van der Waals surface area contributed by atoms with Gasteiger partial charge in [0.05, 0.1) is 6.54 Å². The van der Waals surface area contributed by atoms with Gasteiger partial charge in [-0.05, 0) is 38.5 Å². The third-order valence-corrected chi connectivity index (χ3v) is 4.72. The standard InChI is InChI=1S/C19H26N4O2/c20-13-7-2-5-12-17(24)23-14-8-6-11-16(23)19-21-18(22-25-19)15-9-3-1-4-10-15/h1,3-4,9-10,16H,2,5-8,11-14,20H2/p+1/t16-/m0/s1. The molecule has 0 unspecified atom stereocenters. The minimum atomic E-state index is -0.0842. The van der Waals surface area contributed by atoms with E-state index in [-0.39, 0.29) is 11.9 Å². The number of quaternary nitrogens is 1. The molecule has 0 radical (unpaired) electrons. The maximum atomic E-state index is 12.6. The number of nitrogens with zero attached hydrogens (tertiary/aromatic N) is 3. The molecule has 2 aromatic rings. The summed E-state index contributed by atoms with van der Waals surface area (Å²) in [7, 11) is 0. The van der Waals surface area contributed by atoms with Crippen LogP contribution in [0.2, 0.25) is 0 Å². The molecule has 1 aromatic carbocycles. The highest BCUT2D eigenvalue weighted by molar-refractivity contribution is 5.76. The van der Waals surface area contributed by atoms with Gasteiger partial charge in [0.1, 0.15) is 6.04 Å². The van der Waals surface area contributed by atoms with E-state index in [0.717, 1.165) is 57.2 Å². The van der Waals surface area contributed by atoms with E-state index in [4.69, 9.17) is 4.52 Å². The van der Waals surface area contributed by atoms with E-state index < -0.39 is 0 Å². The molecular formula is C19H27N4O2+. The fraction of sp³-hybridized carbons (Fsp3) is 0.526. The van der Waals surface area contributed by atoms with Crippen molar-refractivity contribution in [2.75, 3.05) is 13.1 Å². The quantitative estimate of drug-likeness (QED) is 0.783. The second-order valence-electron chi connectivity index (χ2n) is 6.59. The summed E-state index contributed by atoms with van der Waals surface area (Å²) in [5.74, 6) is 1.35. The summed E-state index contributed by atoms with van der Waals surface area (Å²) in [6.45, 7) is 1.71. The van der Waals surface area contributed by atoms with Crippen LogP contribution >= 0.6 is 0 Å². The van der Waals surface area contributed by atoms with E-state index in [1.165, 1.54) is 0 Å². The van der Waals surface area contributed by atoms with Gasteiger partial charge >= 0.3 is 0 Å². The maximum absolute atomic E-state index is 12.6. The van der Waals surface area contributed by atoms with Gasteiger partial charge in [0, 0.05) is 18.5 Å². The van der Waals surface area contributed by atoms with Gasteiger partial charge in [0.25, 0.3) is 0 Å². The predicted octanol–water partition coefficient (Wildman–Crippen LogP) is 2.59. The molecule has 1 aliphatic heterocycles. The van der Waals surface area contributed by atoms with Crippen molar-refractivity contribution in [1.29, 1.82) is 0 Å². The first-order valence-corrected chi connectivity index (χ1v) is 9.27. The number of aromatic nitrogens is 2. The summed E-state index contributed by atoms with van der Waals surface area (Å²) in [6, 6.07) is 9.70. The van der Waals surface area contributed by atoms with Crippen LogP contribution in [0, 0.1) is 0 Å². The Kier molecular flexibility index (Phi) is 6.17. The zero-order valence-electron chi connectivity index (χ0n) is 14.7. The number of hydrogen-bond acceptors (Lipinski definition) is 4. The zero-order chi connectivity index (χ0) is 17.5. The first kappa shape index (κ1) is 17.6. The summed E-state index contributed by atoms with van der Waals surface area (Å²) in [5, 5.41) is 4.11. The third kappa shape index (κ3) is 4.45. The summed E-state index contributed by atoms with van der Waals surface area (Å²) in [4.78, 5) is 19.1. The van der Waals surface area contributed by atoms with Crippen molar-refractivity contribution >= 4 is 5.91 Å². The molecular weight excluding hydrogens is 316 g/mol. The molecule has 1 fully saturated rings. The van der Waals surface area contributed by atoms with Crippen molar-refractivity contribution < 1.29 is 15.1 Å². The molecule has 3 rings (SSSR count). The Bertz CT molecular complexity index is 671. The lowest BCUT2D eigenvalue weighted by molar-refractivity contribution is -0.368. The molecule has 6 heteroatoms. The SMILES string of the molecule is [NH3+]CCCCCC(=O)N1CCCC[C@H]1c1nc(-c2ccccc2)no1. The summed E-state index contributed by atoms with van der Waals surface area (Å²) < 4.78 is 5.52. The lowest BCUT2D eigenvalue weighted by atomic mass is 10.0. The molecule has 25 heavy (non-hydrogen) atoms. The summed E-state index contributed by atoms with van der Waals surface area (Å²) in [6.07, 6.45) is 6.68. The lowest BCUT2D eigenvalue weighted by Gasteiger charge is -2.33. The van der Waals surface area contributed by atoms with Crippen LogP contribution in [0.5, 0.6) is 0 Å². The van der Waals surface area contributed by atoms with Crippen LogP contribution in [-0.2, 0) is 4.79 Å². The number of hydrogen-bond donors (Lipinski definition) is 1. The molecule has 0 bridgehead atoms. The van der Waals surface area contributed by atoms with E-state index in [1.807, 2.05) is 35.2 Å². The number of piperidine rings is 1. The summed E-state index contributed by atoms with van der Waals surface area (Å²) >= 11 is 0. The molecule has 0 aliphatic carbocycles. The van der Waals surface area contributed by atoms with Crippen LogP contribution in [-0.4, -0.2) is 34.0 Å². The number of carbonyl (C=O) groups excluding carboxylic acids is 1. The molecule has 1 aromatic heterocycles. The molecule has 1 aliphatic rings. The minimum absolute atomic E-state index is 0.0842. The van der Waals surface area contributed by atoms with E-state index in [2.05, 4.69) is 15.9 Å². The number of carbonyl (C=O) groups is 1. The van der Waals surface area contributed by atoms with Gasteiger partial charge < -0.3 is 15.2 Å². The topological polar surface area (TPSA) is 86.9 Å². The van der Waals surface area contributed by atoms with Crippen LogP contribution < -0.4 is 5.73 Å². The molecule has 0 spiro atoms. The van der Waals surface area contributed by atoms with Crippen LogP contribution in [0.15, 0.2) is 34.9 Å². The van der Waals surface area contributed by atoms with E-state index in [9.17, 15) is 4.79 Å². The van der Waals surface area contributed by atoms with Gasteiger partial charge in [-0.2, -0.15) is 4.98 Å². The highest BCUT2D eigenvalue weighted by Gasteiger charge is 2.31. The number of unbranched alkanes of at least 4 members (excludes halogenated alkanes) is 2. The van der Waals surface area contributed by atoms with E-state index >= 15 is 0 Å². The van der Waals surface area contributed by atoms with Crippen LogP contribution in [0.1, 0.15) is 56.9 Å². The van der Waals surface area contributed by atoms with E-state index in [0.29, 0.717) is 18.1 Å². The van der Waals surface area contributed by atoms with Crippen molar-refractivity contribution in [3.05, 3.63) is 36.2 Å². The van der Waals surface area contributed by atoms with Crippen LogP contribution in [0.4, 0.5) is 0 Å². The Balaban J connectivity index is 1.68. The molecule has 134 valence electrons. The van der Waals surface area contributed by atoms with Gasteiger partial charge in [-0.25, -0.2) is 0 Å². The predicted molar refractivity (Wildman–Crippen MR) is 94.3 cm³/mol. The molecule has 1 atom stereocenters. The van der Waals surface area contributed by atoms with Crippen molar-refractivity contribution in [2.24, 2.45) is 0 Å². The summed E-state index contributed by atoms with van der Waals surface area (Å²) in [5.41, 5.74) is 4.78. The first-order valence-electron chi connectivity index (χ1n) is 9.27. The number of likely N-dealkylation sites (tertiary alicyclic amines) is 1. The average Bonchev–Trinajstić information content (AvgIpc) is 3.16. The molecule has 2 heterocycles. The Labute approximate surface area is 148 Å². The van der Waals surface area contributed by atoms with Gasteiger partial charge in [0.2, 0.25) is 17.6 Å². The van der Waals surface area contributed by atoms with Crippen LogP contribution in [0.25, 0.3) is 11.4 Å². The molecule has 6 nitrogen and oxygen atoms in total. The Morgan fingerprint density at radius 3 is 2.84 bits per heavy atom. The fourth-order valence-corrected chi connectivity index (χ4v) is 3.34.